The van der Waals surface area contributed by atoms with E-state index in [1.165, 1.54) is 12.1 Å². The van der Waals surface area contributed by atoms with E-state index < -0.39 is 0 Å². The molecule has 0 aliphatic carbocycles. The molecule has 19 heavy (non-hydrogen) atoms. The maximum absolute atomic E-state index is 13.4. The third-order valence-corrected chi connectivity index (χ3v) is 2.45. The third-order valence-electron chi connectivity index (χ3n) is 2.45. The molecule has 0 unspecified atom stereocenters. The molecule has 0 radical (unpaired) electrons. The molecule has 1 heterocycles. The molecule has 7 nitrogen and oxygen atoms in total. The quantitative estimate of drug-likeness (QED) is 0.416. The van der Waals surface area contributed by atoms with Crippen LogP contribution in [0, 0.1) is 12.7 Å². The first-order valence-electron chi connectivity index (χ1n) is 5.48. The van der Waals surface area contributed by atoms with E-state index in [2.05, 4.69) is 26.1 Å². The molecule has 0 amide bonds. The Morgan fingerprint density at radius 1 is 1.05 bits per heavy atom. The van der Waals surface area contributed by atoms with E-state index in [1.807, 2.05) is 0 Å². The molecular weight excluding hydrogens is 249 g/mol. The van der Waals surface area contributed by atoms with Gasteiger partial charge in [0.25, 0.3) is 0 Å². The largest absolute Gasteiger partial charge is 0.324 e. The van der Waals surface area contributed by atoms with Crippen LogP contribution in [0.15, 0.2) is 24.3 Å². The standard InChI is InChI=1S/C11H14FN7/c1-6-2-3-7(4-8(6)12)15-11-16-9(18-13)5-10(17-11)19-14/h2-5H,13-14H2,1H3,(H3,15,16,17,18,19). The number of halogens is 1. The molecule has 0 saturated heterocycles. The summed E-state index contributed by atoms with van der Waals surface area (Å²) in [6, 6.07) is 6.27. The highest BCUT2D eigenvalue weighted by atomic mass is 19.1. The van der Waals surface area contributed by atoms with Crippen LogP contribution in [0.3, 0.4) is 0 Å². The number of nitrogens with zero attached hydrogens (tertiary/aromatic N) is 2. The fourth-order valence-corrected chi connectivity index (χ4v) is 1.45. The Hall–Kier alpha value is -2.45. The molecule has 100 valence electrons. The second kappa shape index (κ2) is 5.46. The summed E-state index contributed by atoms with van der Waals surface area (Å²) in [6.07, 6.45) is 0. The average molecular weight is 263 g/mol. The fourth-order valence-electron chi connectivity index (χ4n) is 1.45. The Bertz CT molecular complexity index is 565. The molecule has 0 fully saturated rings. The maximum Gasteiger partial charge on any atom is 0.231 e. The highest BCUT2D eigenvalue weighted by molar-refractivity contribution is 5.58. The van der Waals surface area contributed by atoms with Crippen molar-refractivity contribution in [2.24, 2.45) is 11.7 Å². The van der Waals surface area contributed by atoms with Crippen LogP contribution in [0.2, 0.25) is 0 Å². The highest BCUT2D eigenvalue weighted by Crippen LogP contribution is 2.19. The summed E-state index contributed by atoms with van der Waals surface area (Å²) >= 11 is 0. The maximum atomic E-state index is 13.4. The molecule has 8 heteroatoms. The molecule has 2 aromatic rings. The van der Waals surface area contributed by atoms with Gasteiger partial charge in [-0.05, 0) is 24.6 Å². The zero-order chi connectivity index (χ0) is 13.8. The van der Waals surface area contributed by atoms with E-state index in [4.69, 9.17) is 11.7 Å². The van der Waals surface area contributed by atoms with Gasteiger partial charge in [0.15, 0.2) is 0 Å². The summed E-state index contributed by atoms with van der Waals surface area (Å²) < 4.78 is 13.4. The molecular formula is C11H14FN7. The number of hydrogen-bond donors (Lipinski definition) is 5. The lowest BCUT2D eigenvalue weighted by Gasteiger charge is -2.09. The number of nitrogens with two attached hydrogens (primary N) is 2. The van der Waals surface area contributed by atoms with Gasteiger partial charge in [-0.25, -0.2) is 16.1 Å². The van der Waals surface area contributed by atoms with Crippen LogP contribution in [0.25, 0.3) is 0 Å². The first kappa shape index (κ1) is 13.0. The van der Waals surface area contributed by atoms with Crippen molar-refractivity contribution in [3.63, 3.8) is 0 Å². The average Bonchev–Trinajstić information content (AvgIpc) is 2.42. The second-order valence-corrected chi connectivity index (χ2v) is 3.84. The number of benzene rings is 1. The molecule has 0 aliphatic heterocycles. The smallest absolute Gasteiger partial charge is 0.231 e. The van der Waals surface area contributed by atoms with Crippen molar-refractivity contribution < 1.29 is 4.39 Å². The van der Waals surface area contributed by atoms with Gasteiger partial charge in [0.05, 0.1) is 0 Å². The van der Waals surface area contributed by atoms with E-state index in [1.54, 1.807) is 19.1 Å². The van der Waals surface area contributed by atoms with Crippen molar-refractivity contribution in [1.82, 2.24) is 9.97 Å². The first-order valence-corrected chi connectivity index (χ1v) is 5.48. The zero-order valence-corrected chi connectivity index (χ0v) is 10.2. The van der Waals surface area contributed by atoms with Crippen LogP contribution in [0.5, 0.6) is 0 Å². The van der Waals surface area contributed by atoms with Crippen LogP contribution in [0.4, 0.5) is 27.7 Å². The number of anilines is 4. The molecule has 1 aromatic carbocycles. The van der Waals surface area contributed by atoms with Crippen LogP contribution in [-0.2, 0) is 0 Å². The van der Waals surface area contributed by atoms with E-state index in [0.717, 1.165) is 0 Å². The Morgan fingerprint density at radius 3 is 2.21 bits per heavy atom. The Morgan fingerprint density at radius 2 is 1.68 bits per heavy atom. The number of nitrogens with one attached hydrogen (secondary N) is 3. The van der Waals surface area contributed by atoms with Crippen molar-refractivity contribution in [3.05, 3.63) is 35.6 Å². The van der Waals surface area contributed by atoms with Crippen LogP contribution in [0.1, 0.15) is 5.56 Å². The molecule has 0 spiro atoms. The first-order chi connectivity index (χ1) is 9.12. The predicted molar refractivity (Wildman–Crippen MR) is 72.1 cm³/mol. The van der Waals surface area contributed by atoms with Crippen molar-refractivity contribution >= 4 is 23.3 Å². The summed E-state index contributed by atoms with van der Waals surface area (Å²) in [5, 5.41) is 2.87. The fraction of sp³-hybridized carbons (Fsp3) is 0.0909. The lowest BCUT2D eigenvalue weighted by atomic mass is 10.2. The number of rotatable bonds is 4. The van der Waals surface area contributed by atoms with Gasteiger partial charge in [-0.15, -0.1) is 0 Å². The van der Waals surface area contributed by atoms with Crippen molar-refractivity contribution in [1.29, 1.82) is 0 Å². The van der Waals surface area contributed by atoms with Crippen molar-refractivity contribution in [3.8, 4) is 0 Å². The van der Waals surface area contributed by atoms with E-state index in [0.29, 0.717) is 22.9 Å². The van der Waals surface area contributed by atoms with Gasteiger partial charge >= 0.3 is 0 Å². The molecule has 0 bridgehead atoms. The monoisotopic (exact) mass is 263 g/mol. The molecule has 2 rings (SSSR count). The van der Waals surface area contributed by atoms with E-state index in [9.17, 15) is 4.39 Å². The SMILES string of the molecule is Cc1ccc(Nc2nc(NN)cc(NN)n2)cc1F. The number of aryl methyl sites for hydroxylation is 1. The molecule has 1 aromatic heterocycles. The summed E-state index contributed by atoms with van der Waals surface area (Å²) in [5.41, 5.74) is 5.87. The van der Waals surface area contributed by atoms with E-state index in [-0.39, 0.29) is 11.8 Å². The predicted octanol–water partition coefficient (Wildman–Crippen LogP) is 1.24. The van der Waals surface area contributed by atoms with Gasteiger partial charge in [-0.1, -0.05) is 6.07 Å². The van der Waals surface area contributed by atoms with Gasteiger partial charge in [0, 0.05) is 11.8 Å². The normalized spacial score (nSPS) is 10.1. The number of aromatic nitrogens is 2. The van der Waals surface area contributed by atoms with Crippen LogP contribution >= 0.6 is 0 Å². The summed E-state index contributed by atoms with van der Waals surface area (Å²) in [6.45, 7) is 1.69. The van der Waals surface area contributed by atoms with Gasteiger partial charge in [0.2, 0.25) is 5.95 Å². The lowest BCUT2D eigenvalue weighted by molar-refractivity contribution is 0.619. The Balaban J connectivity index is 2.29. The minimum atomic E-state index is -0.310. The number of nitrogen functional groups attached to an aromatic ring is 2. The molecule has 7 N–H and O–H groups in total. The van der Waals surface area contributed by atoms with Crippen LogP contribution < -0.4 is 27.9 Å². The minimum absolute atomic E-state index is 0.242. The van der Waals surface area contributed by atoms with Gasteiger partial charge < -0.3 is 16.2 Å². The zero-order valence-electron chi connectivity index (χ0n) is 10.2. The highest BCUT2D eigenvalue weighted by Gasteiger charge is 2.05. The van der Waals surface area contributed by atoms with E-state index >= 15 is 0 Å². The number of hydrazine groups is 2. The minimum Gasteiger partial charge on any atom is -0.324 e. The van der Waals surface area contributed by atoms with Crippen molar-refractivity contribution in [2.45, 2.75) is 6.92 Å². The molecule has 0 aliphatic rings. The number of hydrogen-bond acceptors (Lipinski definition) is 7. The lowest BCUT2D eigenvalue weighted by Crippen LogP contribution is -2.14. The summed E-state index contributed by atoms with van der Waals surface area (Å²) in [4.78, 5) is 8.14. The Kier molecular flexibility index (Phi) is 3.74. The van der Waals surface area contributed by atoms with Gasteiger partial charge in [0.1, 0.15) is 17.5 Å². The second-order valence-electron chi connectivity index (χ2n) is 3.84. The Labute approximate surface area is 109 Å². The van der Waals surface area contributed by atoms with Gasteiger partial charge in [-0.2, -0.15) is 9.97 Å². The molecule has 0 saturated carbocycles. The molecule has 0 atom stereocenters. The third kappa shape index (κ3) is 3.06. The van der Waals surface area contributed by atoms with Gasteiger partial charge in [-0.3, -0.25) is 0 Å². The topological polar surface area (TPSA) is 114 Å². The summed E-state index contributed by atoms with van der Waals surface area (Å²) in [7, 11) is 0. The summed E-state index contributed by atoms with van der Waals surface area (Å²) in [5.74, 6) is 11.2. The van der Waals surface area contributed by atoms with Crippen molar-refractivity contribution in [2.75, 3.05) is 16.2 Å². The van der Waals surface area contributed by atoms with Crippen LogP contribution in [-0.4, -0.2) is 9.97 Å².